The molecule has 0 amide bonds. The molecule has 1 heterocycles. The van der Waals surface area contributed by atoms with Crippen molar-refractivity contribution in [2.45, 2.75) is 44.4 Å². The smallest absolute Gasteiger partial charge is 0.258 e. The molecule has 2 aromatic rings. The molecule has 26 heavy (non-hydrogen) atoms. The standard InChI is InChI=1S/C19H16N2O2S.C2H6/c1-19(2)15-7-3-4-8-16(15)20-18(19)9-5-6-13-12-14(21(22)23)10-11-17(13)24;1-2/h3-4,7-8,10-12,24H,9H2,1-2H3;1-2H3/p+1. The van der Waals surface area contributed by atoms with E-state index in [1.54, 1.807) is 6.07 Å². The number of nitrogens with zero attached hydrogens (tertiary/aromatic N) is 1. The number of non-ortho nitro benzene ring substituents is 1. The summed E-state index contributed by atoms with van der Waals surface area (Å²) in [6, 6.07) is 12.7. The minimum atomic E-state index is -0.425. The maximum Gasteiger partial charge on any atom is 0.270 e. The lowest BCUT2D eigenvalue weighted by molar-refractivity contribution is -0.384. The van der Waals surface area contributed by atoms with E-state index in [1.165, 1.54) is 17.7 Å². The van der Waals surface area contributed by atoms with E-state index in [0.717, 1.165) is 11.4 Å². The fourth-order valence-electron chi connectivity index (χ4n) is 2.85. The zero-order chi connectivity index (χ0) is 19.3. The predicted octanol–water partition coefficient (Wildman–Crippen LogP) is 3.80. The van der Waals surface area contributed by atoms with Crippen molar-refractivity contribution in [2.24, 2.45) is 0 Å². The Hall–Kier alpha value is -2.58. The summed E-state index contributed by atoms with van der Waals surface area (Å²) >= 11 is 4.32. The zero-order valence-electron chi connectivity index (χ0n) is 15.5. The van der Waals surface area contributed by atoms with Crippen LogP contribution in [-0.4, -0.2) is 10.6 Å². The molecule has 0 radical (unpaired) electrons. The van der Waals surface area contributed by atoms with Gasteiger partial charge in [0, 0.05) is 34.2 Å². The molecule has 0 aliphatic carbocycles. The van der Waals surface area contributed by atoms with Gasteiger partial charge in [0.2, 0.25) is 5.69 Å². The molecular weight excluding hydrogens is 344 g/mol. The lowest BCUT2D eigenvalue weighted by atomic mass is 9.80. The van der Waals surface area contributed by atoms with Crippen molar-refractivity contribution in [2.75, 3.05) is 0 Å². The molecule has 0 saturated heterocycles. The quantitative estimate of drug-likeness (QED) is 0.367. The van der Waals surface area contributed by atoms with Crippen LogP contribution < -0.4 is 4.99 Å². The van der Waals surface area contributed by atoms with Crippen LogP contribution in [0.2, 0.25) is 0 Å². The van der Waals surface area contributed by atoms with Crippen molar-refractivity contribution in [3.8, 4) is 11.8 Å². The van der Waals surface area contributed by atoms with E-state index in [0.29, 0.717) is 16.9 Å². The Morgan fingerprint density at radius 2 is 1.88 bits per heavy atom. The van der Waals surface area contributed by atoms with Gasteiger partial charge in [0.25, 0.3) is 5.69 Å². The number of para-hydroxylation sites is 1. The second-order valence-electron chi connectivity index (χ2n) is 6.21. The Bertz CT molecular complexity index is 921. The summed E-state index contributed by atoms with van der Waals surface area (Å²) in [5.41, 5.74) is 3.99. The van der Waals surface area contributed by atoms with Crippen molar-refractivity contribution >= 4 is 29.7 Å². The van der Waals surface area contributed by atoms with Crippen LogP contribution in [0.15, 0.2) is 47.4 Å². The van der Waals surface area contributed by atoms with Gasteiger partial charge < -0.3 is 0 Å². The summed E-state index contributed by atoms with van der Waals surface area (Å²) in [6.45, 7) is 8.33. The average Bonchev–Trinajstić information content (AvgIpc) is 2.89. The summed E-state index contributed by atoms with van der Waals surface area (Å²) in [5.74, 6) is 6.13. The number of fused-ring (bicyclic) bond motifs is 1. The number of rotatable bonds is 2. The Balaban J connectivity index is 0.00000117. The number of nitrogens with one attached hydrogen (secondary N) is 1. The minimum Gasteiger partial charge on any atom is -0.258 e. The number of benzene rings is 2. The van der Waals surface area contributed by atoms with Gasteiger partial charge in [0.05, 0.1) is 16.8 Å². The van der Waals surface area contributed by atoms with E-state index in [-0.39, 0.29) is 11.1 Å². The molecule has 0 atom stereocenters. The van der Waals surface area contributed by atoms with Crippen LogP contribution in [0.1, 0.15) is 45.2 Å². The monoisotopic (exact) mass is 367 g/mol. The van der Waals surface area contributed by atoms with E-state index in [2.05, 4.69) is 55.4 Å². The van der Waals surface area contributed by atoms with E-state index in [4.69, 9.17) is 0 Å². The topological polar surface area (TPSA) is 57.1 Å². The van der Waals surface area contributed by atoms with Crippen molar-refractivity contribution in [1.29, 1.82) is 0 Å². The highest BCUT2D eigenvalue weighted by molar-refractivity contribution is 7.80. The number of hydrogen-bond acceptors (Lipinski definition) is 3. The third-order valence-electron chi connectivity index (χ3n) is 4.32. The normalized spacial score (nSPS) is 13.5. The van der Waals surface area contributed by atoms with Gasteiger partial charge in [0.15, 0.2) is 5.71 Å². The molecule has 0 fully saturated rings. The van der Waals surface area contributed by atoms with Crippen LogP contribution in [0.4, 0.5) is 11.4 Å². The van der Waals surface area contributed by atoms with Gasteiger partial charge in [-0.15, -0.1) is 12.6 Å². The number of nitro groups is 1. The van der Waals surface area contributed by atoms with Crippen LogP contribution in [0.25, 0.3) is 0 Å². The summed E-state index contributed by atoms with van der Waals surface area (Å²) in [7, 11) is 0. The van der Waals surface area contributed by atoms with E-state index in [9.17, 15) is 10.1 Å². The van der Waals surface area contributed by atoms with Crippen molar-refractivity contribution in [3.63, 3.8) is 0 Å². The largest absolute Gasteiger partial charge is 0.270 e. The third-order valence-corrected chi connectivity index (χ3v) is 4.71. The van der Waals surface area contributed by atoms with Gasteiger partial charge in [0.1, 0.15) is 0 Å². The lowest BCUT2D eigenvalue weighted by Gasteiger charge is -2.15. The first-order chi connectivity index (χ1) is 12.4. The van der Waals surface area contributed by atoms with Gasteiger partial charge in [-0.05, 0) is 19.9 Å². The molecule has 0 bridgehead atoms. The van der Waals surface area contributed by atoms with Crippen LogP contribution in [0.3, 0.4) is 0 Å². The highest BCUT2D eigenvalue weighted by Crippen LogP contribution is 2.31. The van der Waals surface area contributed by atoms with Gasteiger partial charge in [-0.25, -0.2) is 4.99 Å². The van der Waals surface area contributed by atoms with E-state index >= 15 is 0 Å². The molecule has 5 heteroatoms. The Morgan fingerprint density at radius 1 is 1.19 bits per heavy atom. The summed E-state index contributed by atoms with van der Waals surface area (Å²) in [5, 5.41) is 10.9. The maximum absolute atomic E-state index is 10.9. The highest BCUT2D eigenvalue weighted by Gasteiger charge is 2.40. The minimum absolute atomic E-state index is 0.0245. The van der Waals surface area contributed by atoms with Crippen molar-refractivity contribution in [1.82, 2.24) is 0 Å². The van der Waals surface area contributed by atoms with Crippen LogP contribution in [0, 0.1) is 22.0 Å². The molecular formula is C21H23N2O2S+. The summed E-state index contributed by atoms with van der Waals surface area (Å²) < 4.78 is 0. The predicted molar refractivity (Wildman–Crippen MR) is 108 cm³/mol. The Labute approximate surface area is 159 Å². The molecule has 1 N–H and O–H groups in total. The first kappa shape index (κ1) is 19.7. The van der Waals surface area contributed by atoms with Gasteiger partial charge in [-0.2, -0.15) is 0 Å². The molecule has 4 nitrogen and oxygen atoms in total. The summed E-state index contributed by atoms with van der Waals surface area (Å²) in [6.07, 6.45) is 0.567. The number of thiol groups is 1. The van der Waals surface area contributed by atoms with Crippen LogP contribution >= 0.6 is 12.6 Å². The third kappa shape index (κ3) is 3.97. The van der Waals surface area contributed by atoms with Gasteiger partial charge >= 0.3 is 0 Å². The number of hydrogen-bond donors (Lipinski definition) is 2. The fourth-order valence-corrected chi connectivity index (χ4v) is 3.04. The molecule has 0 unspecified atom stereocenters. The van der Waals surface area contributed by atoms with Crippen LogP contribution in [0.5, 0.6) is 0 Å². The zero-order valence-corrected chi connectivity index (χ0v) is 16.4. The molecule has 0 saturated carbocycles. The molecule has 1 aliphatic rings. The number of nitro benzene ring substituents is 1. The average molecular weight is 367 g/mol. The van der Waals surface area contributed by atoms with E-state index in [1.807, 2.05) is 26.0 Å². The van der Waals surface area contributed by atoms with Crippen LogP contribution in [-0.2, 0) is 5.41 Å². The SMILES string of the molecule is CC.CC1(C)C(CC#Cc2cc([N+](=O)[O-])ccc2S)=[NH+]c2ccccc21. The van der Waals surface area contributed by atoms with Crippen molar-refractivity contribution in [3.05, 3.63) is 63.7 Å². The second-order valence-corrected chi connectivity index (χ2v) is 6.69. The summed E-state index contributed by atoms with van der Waals surface area (Å²) in [4.78, 5) is 14.5. The highest BCUT2D eigenvalue weighted by atomic mass is 32.1. The van der Waals surface area contributed by atoms with E-state index < -0.39 is 4.92 Å². The van der Waals surface area contributed by atoms with Gasteiger partial charge in [-0.1, -0.05) is 43.9 Å². The molecule has 2 aromatic carbocycles. The molecule has 134 valence electrons. The Morgan fingerprint density at radius 3 is 2.54 bits per heavy atom. The fraction of sp³-hybridized carbons (Fsp3) is 0.286. The molecule has 0 spiro atoms. The molecule has 3 rings (SSSR count). The second kappa shape index (κ2) is 8.20. The van der Waals surface area contributed by atoms with Gasteiger partial charge in [-0.3, -0.25) is 10.1 Å². The Kier molecular flexibility index (Phi) is 6.23. The van der Waals surface area contributed by atoms with Crippen molar-refractivity contribution < 1.29 is 9.92 Å². The lowest BCUT2D eigenvalue weighted by Crippen LogP contribution is -2.65. The molecule has 1 aliphatic heterocycles. The molecule has 0 aromatic heterocycles. The maximum atomic E-state index is 10.9. The first-order valence-corrected chi connectivity index (χ1v) is 9.03. The first-order valence-electron chi connectivity index (χ1n) is 8.58.